The van der Waals surface area contributed by atoms with Crippen LogP contribution in [-0.2, 0) is 9.59 Å². The van der Waals surface area contributed by atoms with Crippen LogP contribution >= 0.6 is 11.6 Å². The highest BCUT2D eigenvalue weighted by atomic mass is 35.5. The molecule has 0 saturated carbocycles. The summed E-state index contributed by atoms with van der Waals surface area (Å²) in [6.45, 7) is 7.10. The number of rotatable bonds is 6. The van der Waals surface area contributed by atoms with Crippen molar-refractivity contribution < 1.29 is 14.3 Å². The third kappa shape index (κ3) is 5.29. The molecule has 2 aromatic carbocycles. The van der Waals surface area contributed by atoms with Crippen LogP contribution < -0.4 is 20.3 Å². The third-order valence-electron chi connectivity index (χ3n) is 5.71. The van der Waals surface area contributed by atoms with Gasteiger partial charge in [0.05, 0.1) is 12.1 Å². The van der Waals surface area contributed by atoms with E-state index in [1.54, 1.807) is 12.1 Å². The molecule has 0 aromatic heterocycles. The minimum absolute atomic E-state index is 0.00197. The van der Waals surface area contributed by atoms with E-state index >= 15 is 0 Å². The van der Waals surface area contributed by atoms with Crippen molar-refractivity contribution in [2.75, 3.05) is 49.5 Å². The lowest BCUT2D eigenvalue weighted by molar-refractivity contribution is -0.130. The van der Waals surface area contributed by atoms with Crippen LogP contribution in [0, 0.1) is 6.92 Å². The van der Waals surface area contributed by atoms with Gasteiger partial charge in [0, 0.05) is 50.0 Å². The van der Waals surface area contributed by atoms with Crippen LogP contribution in [0.4, 0.5) is 11.4 Å². The molecule has 2 aliphatic heterocycles. The number of fused-ring (bicyclic) bond motifs is 1. The largest absolute Gasteiger partial charge is 0.478 e. The fraction of sp³-hybridized carbons (Fsp3) is 0.391. The lowest BCUT2D eigenvalue weighted by Crippen LogP contribution is -2.49. The molecule has 1 fully saturated rings. The van der Waals surface area contributed by atoms with E-state index in [0.717, 1.165) is 37.7 Å². The fourth-order valence-corrected chi connectivity index (χ4v) is 4.12. The van der Waals surface area contributed by atoms with Crippen molar-refractivity contribution in [2.24, 2.45) is 0 Å². The van der Waals surface area contributed by atoms with Crippen LogP contribution in [0.1, 0.15) is 12.0 Å². The lowest BCUT2D eigenvalue weighted by Gasteiger charge is -2.37. The Morgan fingerprint density at radius 2 is 1.97 bits per heavy atom. The molecule has 0 bridgehead atoms. The first-order chi connectivity index (χ1) is 15.0. The SMILES string of the molecule is Cc1ccc(Cl)cc1N1CCN(CCNC(=O)CC2Oc3ccccc3NC2=O)CC1. The zero-order chi connectivity index (χ0) is 21.8. The number of piperazine rings is 1. The number of halogens is 1. The molecule has 0 radical (unpaired) electrons. The van der Waals surface area contributed by atoms with Gasteiger partial charge in [-0.05, 0) is 36.8 Å². The van der Waals surface area contributed by atoms with Gasteiger partial charge in [-0.25, -0.2) is 0 Å². The van der Waals surface area contributed by atoms with E-state index in [1.165, 1.54) is 11.3 Å². The minimum atomic E-state index is -0.806. The topological polar surface area (TPSA) is 73.9 Å². The number of nitrogens with zero attached hydrogens (tertiary/aromatic N) is 2. The number of ether oxygens (including phenoxy) is 1. The summed E-state index contributed by atoms with van der Waals surface area (Å²) in [6, 6.07) is 13.2. The van der Waals surface area contributed by atoms with Gasteiger partial charge in [-0.15, -0.1) is 0 Å². The first-order valence-corrected chi connectivity index (χ1v) is 10.9. The maximum Gasteiger partial charge on any atom is 0.266 e. The number of amides is 2. The number of carbonyl (C=O) groups excluding carboxylic acids is 2. The first kappa shape index (κ1) is 21.5. The molecule has 2 heterocycles. The Bertz CT molecular complexity index is 960. The second kappa shape index (κ2) is 9.58. The predicted molar refractivity (Wildman–Crippen MR) is 122 cm³/mol. The Labute approximate surface area is 187 Å². The monoisotopic (exact) mass is 442 g/mol. The number of hydrogen-bond donors (Lipinski definition) is 2. The zero-order valence-corrected chi connectivity index (χ0v) is 18.3. The summed E-state index contributed by atoms with van der Waals surface area (Å²) >= 11 is 6.16. The Kier molecular flexibility index (Phi) is 6.63. The van der Waals surface area contributed by atoms with E-state index < -0.39 is 6.10 Å². The Balaban J connectivity index is 1.19. The van der Waals surface area contributed by atoms with Crippen molar-refractivity contribution in [2.45, 2.75) is 19.4 Å². The number of aryl methyl sites for hydroxylation is 1. The summed E-state index contributed by atoms with van der Waals surface area (Å²) in [5.74, 6) is 0.113. The lowest BCUT2D eigenvalue weighted by atomic mass is 10.1. The van der Waals surface area contributed by atoms with Gasteiger partial charge in [-0.2, -0.15) is 0 Å². The van der Waals surface area contributed by atoms with E-state index in [-0.39, 0.29) is 18.2 Å². The highest BCUT2D eigenvalue weighted by molar-refractivity contribution is 6.30. The maximum absolute atomic E-state index is 12.3. The van der Waals surface area contributed by atoms with Crippen LogP contribution in [0.2, 0.25) is 5.02 Å². The van der Waals surface area contributed by atoms with Crippen LogP contribution in [-0.4, -0.2) is 62.1 Å². The molecule has 2 aromatic rings. The van der Waals surface area contributed by atoms with Gasteiger partial charge in [0.15, 0.2) is 6.10 Å². The van der Waals surface area contributed by atoms with Crippen molar-refractivity contribution >= 4 is 34.8 Å². The third-order valence-corrected chi connectivity index (χ3v) is 5.95. The molecule has 1 saturated heterocycles. The number of hydrogen-bond acceptors (Lipinski definition) is 5. The van der Waals surface area contributed by atoms with Crippen LogP contribution in [0.5, 0.6) is 5.75 Å². The average molecular weight is 443 g/mol. The molecule has 31 heavy (non-hydrogen) atoms. The summed E-state index contributed by atoms with van der Waals surface area (Å²) in [4.78, 5) is 29.2. The van der Waals surface area contributed by atoms with Gasteiger partial charge in [-0.3, -0.25) is 14.5 Å². The van der Waals surface area contributed by atoms with Gasteiger partial charge in [0.2, 0.25) is 5.91 Å². The van der Waals surface area contributed by atoms with Crippen molar-refractivity contribution in [1.29, 1.82) is 0 Å². The molecule has 7 nitrogen and oxygen atoms in total. The Morgan fingerprint density at radius 3 is 2.77 bits per heavy atom. The minimum Gasteiger partial charge on any atom is -0.478 e. The van der Waals surface area contributed by atoms with Gasteiger partial charge in [0.1, 0.15) is 5.75 Å². The van der Waals surface area contributed by atoms with Crippen molar-refractivity contribution in [3.63, 3.8) is 0 Å². The number of para-hydroxylation sites is 2. The van der Waals surface area contributed by atoms with E-state index in [9.17, 15) is 9.59 Å². The van der Waals surface area contributed by atoms with E-state index in [4.69, 9.17) is 16.3 Å². The first-order valence-electron chi connectivity index (χ1n) is 10.6. The smallest absolute Gasteiger partial charge is 0.266 e. The number of anilines is 2. The number of carbonyl (C=O) groups is 2. The highest BCUT2D eigenvalue weighted by Gasteiger charge is 2.29. The van der Waals surface area contributed by atoms with Crippen molar-refractivity contribution in [3.05, 3.63) is 53.1 Å². The molecular formula is C23H27ClN4O3. The van der Waals surface area contributed by atoms with E-state index in [1.807, 2.05) is 24.3 Å². The molecule has 2 amide bonds. The van der Waals surface area contributed by atoms with Crippen LogP contribution in [0.25, 0.3) is 0 Å². The summed E-state index contributed by atoms with van der Waals surface area (Å²) < 4.78 is 5.68. The van der Waals surface area contributed by atoms with Gasteiger partial charge >= 0.3 is 0 Å². The standard InChI is InChI=1S/C23H27ClN4O3/c1-16-6-7-17(24)14-19(16)28-12-10-27(11-13-28)9-8-25-22(29)15-21-23(30)26-18-4-2-3-5-20(18)31-21/h2-7,14,21H,8-13,15H2,1H3,(H,25,29)(H,26,30). The second-order valence-electron chi connectivity index (χ2n) is 7.91. The highest BCUT2D eigenvalue weighted by Crippen LogP contribution is 2.29. The van der Waals surface area contributed by atoms with Gasteiger partial charge < -0.3 is 20.3 Å². The van der Waals surface area contributed by atoms with Crippen molar-refractivity contribution in [1.82, 2.24) is 10.2 Å². The molecule has 2 aliphatic rings. The number of benzene rings is 2. The zero-order valence-electron chi connectivity index (χ0n) is 17.6. The van der Waals surface area contributed by atoms with Gasteiger partial charge in [-0.1, -0.05) is 29.8 Å². The summed E-state index contributed by atoms with van der Waals surface area (Å²) in [6.07, 6.45) is -0.804. The molecule has 164 valence electrons. The summed E-state index contributed by atoms with van der Waals surface area (Å²) in [7, 11) is 0. The molecule has 8 heteroatoms. The molecule has 1 atom stereocenters. The van der Waals surface area contributed by atoms with E-state index in [0.29, 0.717) is 18.0 Å². The summed E-state index contributed by atoms with van der Waals surface area (Å²) in [5.41, 5.74) is 3.05. The van der Waals surface area contributed by atoms with Crippen LogP contribution in [0.15, 0.2) is 42.5 Å². The predicted octanol–water partition coefficient (Wildman–Crippen LogP) is 2.68. The quantitative estimate of drug-likeness (QED) is 0.719. The maximum atomic E-state index is 12.3. The van der Waals surface area contributed by atoms with E-state index in [2.05, 4.69) is 33.4 Å². The molecule has 4 rings (SSSR count). The van der Waals surface area contributed by atoms with Crippen LogP contribution in [0.3, 0.4) is 0 Å². The van der Waals surface area contributed by atoms with Crippen molar-refractivity contribution in [3.8, 4) is 5.75 Å². The number of nitrogens with one attached hydrogen (secondary N) is 2. The Morgan fingerprint density at radius 1 is 1.19 bits per heavy atom. The molecule has 0 aliphatic carbocycles. The normalized spacial score (nSPS) is 18.7. The molecule has 2 N–H and O–H groups in total. The van der Waals surface area contributed by atoms with Gasteiger partial charge in [0.25, 0.3) is 5.91 Å². The molecular weight excluding hydrogens is 416 g/mol. The Hall–Kier alpha value is -2.77. The fourth-order valence-electron chi connectivity index (χ4n) is 3.96. The average Bonchev–Trinajstić information content (AvgIpc) is 2.76. The second-order valence-corrected chi connectivity index (χ2v) is 8.34. The summed E-state index contributed by atoms with van der Waals surface area (Å²) in [5, 5.41) is 6.45. The molecule has 1 unspecified atom stereocenters. The molecule has 0 spiro atoms.